The van der Waals surface area contributed by atoms with Crippen molar-refractivity contribution in [1.29, 1.82) is 0 Å². The highest BCUT2D eigenvalue weighted by molar-refractivity contribution is 7.91. The monoisotopic (exact) mass is 655 g/mol. The second kappa shape index (κ2) is 12.9. The van der Waals surface area contributed by atoms with Gasteiger partial charge in [0.1, 0.15) is 11.5 Å². The molecular weight excluding hydrogens is 631 g/mol. The summed E-state index contributed by atoms with van der Waals surface area (Å²) in [5.41, 5.74) is 0. The molecule has 39 heavy (non-hydrogen) atoms. The molecule has 0 fully saturated rings. The minimum Gasteiger partial charge on any atom is -0.414 e. The normalized spacial score (nSPS) is 14.4. The zero-order valence-corrected chi connectivity index (χ0v) is 25.7. The van der Waals surface area contributed by atoms with Crippen LogP contribution in [0.1, 0.15) is 13.8 Å². The van der Waals surface area contributed by atoms with E-state index in [0.717, 1.165) is 0 Å². The van der Waals surface area contributed by atoms with Crippen LogP contribution in [0.4, 0.5) is 0 Å². The van der Waals surface area contributed by atoms with E-state index in [1.165, 1.54) is 62.4 Å². The van der Waals surface area contributed by atoms with E-state index >= 15 is 4.57 Å². The van der Waals surface area contributed by atoms with Crippen molar-refractivity contribution in [2.75, 3.05) is 13.2 Å². The predicted molar refractivity (Wildman–Crippen MR) is 152 cm³/mol. The second-order valence-corrected chi connectivity index (χ2v) is 16.3. The van der Waals surface area contributed by atoms with Gasteiger partial charge < -0.3 is 18.1 Å². The number of nitrogens with one attached hydrogen (secondary N) is 1. The first kappa shape index (κ1) is 31.9. The van der Waals surface area contributed by atoms with Crippen LogP contribution >= 0.6 is 50.0 Å². The van der Waals surface area contributed by atoms with Crippen molar-refractivity contribution in [2.45, 2.75) is 27.6 Å². The van der Waals surface area contributed by atoms with Gasteiger partial charge in [0.05, 0.1) is 18.1 Å². The summed E-state index contributed by atoms with van der Waals surface area (Å²) in [5.74, 6) is -0.150. The van der Waals surface area contributed by atoms with Gasteiger partial charge in [-0.2, -0.15) is 4.72 Å². The fourth-order valence-corrected chi connectivity index (χ4v) is 13.0. The lowest BCUT2D eigenvalue weighted by molar-refractivity contribution is 0.199. The first-order valence-corrected chi connectivity index (χ1v) is 17.2. The summed E-state index contributed by atoms with van der Waals surface area (Å²) in [4.78, 5) is -0.325. The van der Waals surface area contributed by atoms with Gasteiger partial charge in [0, 0.05) is 0 Å². The Morgan fingerprint density at radius 2 is 1.08 bits per heavy atom. The maximum Gasteiger partial charge on any atom is 0.468 e. The number of alkyl halides is 3. The zero-order valence-electron chi connectivity index (χ0n) is 20.8. The first-order valence-electron chi connectivity index (χ1n) is 11.5. The highest BCUT2D eigenvalue weighted by atomic mass is 35.6. The number of para-hydroxylation sites is 2. The molecule has 0 saturated heterocycles. The van der Waals surface area contributed by atoms with E-state index in [0.29, 0.717) is 0 Å². The van der Waals surface area contributed by atoms with Crippen LogP contribution in [0.15, 0.2) is 95.9 Å². The maximum absolute atomic E-state index is 15.2. The van der Waals surface area contributed by atoms with Crippen molar-refractivity contribution < 1.29 is 35.6 Å². The Balaban J connectivity index is 2.44. The van der Waals surface area contributed by atoms with Crippen LogP contribution in [-0.2, 0) is 28.2 Å². The summed E-state index contributed by atoms with van der Waals surface area (Å²) >= 11 is 19.4. The Morgan fingerprint density at radius 1 is 0.692 bits per heavy atom. The van der Waals surface area contributed by atoms with Crippen molar-refractivity contribution in [3.05, 3.63) is 91.0 Å². The van der Waals surface area contributed by atoms with E-state index < -0.39 is 34.0 Å². The van der Waals surface area contributed by atoms with Crippen molar-refractivity contribution in [3.8, 4) is 11.5 Å². The number of hydrogen-bond donors (Lipinski definition) is 1. The molecule has 0 bridgehead atoms. The maximum atomic E-state index is 15.2. The Bertz CT molecular complexity index is 1370. The Kier molecular flexibility index (Phi) is 10.6. The van der Waals surface area contributed by atoms with E-state index in [-0.39, 0.29) is 29.6 Å². The summed E-state index contributed by atoms with van der Waals surface area (Å²) in [6.45, 7) is 2.26. The number of rotatable bonds is 13. The summed E-state index contributed by atoms with van der Waals surface area (Å²) in [6, 6.07) is 22.1. The molecule has 0 aromatic heterocycles. The van der Waals surface area contributed by atoms with Gasteiger partial charge in [-0.15, -0.1) is 0 Å². The molecule has 0 aliphatic heterocycles. The third-order valence-corrected chi connectivity index (χ3v) is 14.5. The van der Waals surface area contributed by atoms with Crippen molar-refractivity contribution in [3.63, 3.8) is 0 Å². The molecule has 0 heterocycles. The number of sulfonamides is 1. The summed E-state index contributed by atoms with van der Waals surface area (Å²) in [6.07, 6.45) is 0. The highest BCUT2D eigenvalue weighted by Gasteiger charge is 2.79. The quantitative estimate of drug-likeness (QED) is 0.148. The summed E-state index contributed by atoms with van der Waals surface area (Å²) in [7, 11) is -15.2. The molecule has 9 nitrogen and oxygen atoms in total. The zero-order chi connectivity index (χ0) is 28.8. The van der Waals surface area contributed by atoms with Crippen molar-refractivity contribution in [1.82, 2.24) is 4.72 Å². The van der Waals surface area contributed by atoms with Gasteiger partial charge in [-0.05, 0) is 50.2 Å². The Hall–Kier alpha value is -1.58. The van der Waals surface area contributed by atoms with Crippen LogP contribution in [0.25, 0.3) is 0 Å². The standard InChI is InChI=1S/C24H26Cl3NO8P2S/c1-3-33-37(29,34-4-2)24(23(25,26)27,28-39(31,32)22-18-12-7-13-19-22)38(30,35-20-14-8-5-9-15-20)36-21-16-10-6-11-17-21/h5-19,28H,3-4H2,1-2H3. The molecule has 0 radical (unpaired) electrons. The predicted octanol–water partition coefficient (Wildman–Crippen LogP) is 7.61. The molecule has 3 aromatic rings. The van der Waals surface area contributed by atoms with Gasteiger partial charge in [-0.25, -0.2) is 13.0 Å². The van der Waals surface area contributed by atoms with Gasteiger partial charge in [-0.1, -0.05) is 89.4 Å². The Labute approximate surface area is 242 Å². The van der Waals surface area contributed by atoms with Gasteiger partial charge in [-0.3, -0.25) is 4.57 Å². The van der Waals surface area contributed by atoms with E-state index in [1.807, 2.05) is 0 Å². The lowest BCUT2D eigenvalue weighted by Crippen LogP contribution is -2.58. The highest BCUT2D eigenvalue weighted by Crippen LogP contribution is 2.81. The number of halogens is 3. The van der Waals surface area contributed by atoms with Crippen molar-refractivity contribution >= 4 is 60.0 Å². The fraction of sp³-hybridized carbons (Fsp3) is 0.250. The van der Waals surface area contributed by atoms with Crippen LogP contribution in [0, 0.1) is 0 Å². The van der Waals surface area contributed by atoms with Crippen LogP contribution in [-0.4, -0.2) is 30.4 Å². The lowest BCUT2D eigenvalue weighted by Gasteiger charge is -2.45. The van der Waals surface area contributed by atoms with Crippen molar-refractivity contribution in [2.24, 2.45) is 0 Å². The molecule has 1 unspecified atom stereocenters. The van der Waals surface area contributed by atoms with Gasteiger partial charge in [0.2, 0.25) is 13.8 Å². The largest absolute Gasteiger partial charge is 0.468 e. The molecule has 0 saturated carbocycles. The molecular formula is C24H26Cl3NO8P2S. The molecule has 0 amide bonds. The second-order valence-electron chi connectivity index (χ2n) is 7.73. The molecule has 1 atom stereocenters. The van der Waals surface area contributed by atoms with E-state index in [1.54, 1.807) is 42.5 Å². The van der Waals surface area contributed by atoms with Crippen LogP contribution in [0.5, 0.6) is 11.5 Å². The first-order chi connectivity index (χ1) is 18.3. The summed E-state index contributed by atoms with van der Waals surface area (Å²) < 4.78 is 79.1. The van der Waals surface area contributed by atoms with E-state index in [4.69, 9.17) is 52.9 Å². The molecule has 212 valence electrons. The van der Waals surface area contributed by atoms with Crippen LogP contribution in [0.2, 0.25) is 0 Å². The van der Waals surface area contributed by atoms with Crippen LogP contribution in [0.3, 0.4) is 0 Å². The fourth-order valence-electron chi connectivity index (χ4n) is 3.43. The van der Waals surface area contributed by atoms with Gasteiger partial charge >= 0.3 is 20.2 Å². The number of benzene rings is 3. The van der Waals surface area contributed by atoms with Crippen LogP contribution < -0.4 is 13.8 Å². The average Bonchev–Trinajstić information content (AvgIpc) is 2.88. The molecule has 0 spiro atoms. The number of hydrogen-bond acceptors (Lipinski definition) is 8. The Morgan fingerprint density at radius 3 is 1.44 bits per heavy atom. The molecule has 3 aromatic carbocycles. The lowest BCUT2D eigenvalue weighted by atomic mass is 10.3. The summed E-state index contributed by atoms with van der Waals surface area (Å²) in [5, 5.41) is -3.27. The van der Waals surface area contributed by atoms with Gasteiger partial charge in [0.25, 0.3) is 0 Å². The minimum absolute atomic E-state index is 0.0751. The molecule has 1 N–H and O–H groups in total. The smallest absolute Gasteiger partial charge is 0.414 e. The SMILES string of the molecule is CCOP(=O)(OCC)C(NS(=O)(=O)c1ccccc1)(C(Cl)(Cl)Cl)P(=O)(Oc1ccccc1)Oc1ccccc1. The molecule has 15 heteroatoms. The topological polar surface area (TPSA) is 117 Å². The van der Waals surface area contributed by atoms with Gasteiger partial charge in [0.15, 0.2) is 0 Å². The molecule has 3 rings (SSSR count). The third-order valence-electron chi connectivity index (χ3n) is 5.05. The van der Waals surface area contributed by atoms with E-state index in [2.05, 4.69) is 4.72 Å². The van der Waals surface area contributed by atoms with E-state index in [9.17, 15) is 13.0 Å². The average molecular weight is 657 g/mol. The minimum atomic E-state index is -5.32. The molecule has 0 aliphatic carbocycles. The molecule has 0 aliphatic rings. The third kappa shape index (κ3) is 6.84.